The molecule has 9 rings (SSSR count). The highest BCUT2D eigenvalue weighted by molar-refractivity contribution is 6.02. The number of halogens is 2. The van der Waals surface area contributed by atoms with E-state index in [1.807, 2.05) is 13.0 Å². The predicted molar refractivity (Wildman–Crippen MR) is 232 cm³/mol. The molecule has 0 bridgehead atoms. The second-order valence-electron chi connectivity index (χ2n) is 23.4. The smallest absolute Gasteiger partial charge is 0.311 e. The van der Waals surface area contributed by atoms with E-state index in [2.05, 4.69) is 6.92 Å². The first-order valence-corrected chi connectivity index (χ1v) is 23.5. The van der Waals surface area contributed by atoms with Crippen molar-refractivity contribution in [1.82, 2.24) is 0 Å². The van der Waals surface area contributed by atoms with Crippen molar-refractivity contribution in [2.24, 2.45) is 62.6 Å². The summed E-state index contributed by atoms with van der Waals surface area (Å²) in [7, 11) is 0. The fourth-order valence-corrected chi connectivity index (χ4v) is 15.6. The molecule has 0 aromatic carbocycles. The lowest BCUT2D eigenvalue weighted by Crippen LogP contribution is -2.70. The second kappa shape index (κ2) is 15.1. The Morgan fingerprint density at radius 2 is 1.52 bits per heavy atom. The first-order valence-electron chi connectivity index (χ1n) is 23.5. The van der Waals surface area contributed by atoms with Crippen LogP contribution in [0, 0.1) is 62.6 Å². The van der Waals surface area contributed by atoms with Crippen molar-refractivity contribution >= 4 is 29.1 Å². The Labute approximate surface area is 380 Å². The van der Waals surface area contributed by atoms with Gasteiger partial charge in [0.1, 0.15) is 18.4 Å². The minimum atomic E-state index is -2.28. The van der Waals surface area contributed by atoms with Gasteiger partial charge in [0.15, 0.2) is 41.0 Å². The highest BCUT2D eigenvalue weighted by atomic mass is 19.1. The Bertz CT molecular complexity index is 2210. The van der Waals surface area contributed by atoms with Crippen LogP contribution in [0.1, 0.15) is 114 Å². The van der Waals surface area contributed by atoms with Crippen LogP contribution in [0.4, 0.5) is 8.78 Å². The van der Waals surface area contributed by atoms with Crippen molar-refractivity contribution < 1.29 is 67.4 Å². The van der Waals surface area contributed by atoms with Gasteiger partial charge in [0.05, 0.1) is 23.7 Å². The zero-order chi connectivity index (χ0) is 48.0. The van der Waals surface area contributed by atoms with E-state index in [1.165, 1.54) is 19.1 Å². The summed E-state index contributed by atoms with van der Waals surface area (Å²) in [6, 6.07) is 0. The van der Waals surface area contributed by atoms with Crippen LogP contribution in [0.15, 0.2) is 47.6 Å². The lowest BCUT2D eigenvalue weighted by molar-refractivity contribution is -0.225. The molecule has 0 amide bonds. The molecule has 1 saturated heterocycles. The molecule has 9 aliphatic rings. The van der Waals surface area contributed by atoms with Gasteiger partial charge in [-0.2, -0.15) is 0 Å². The standard InChI is InChI=1S/C27H36F2O6.C24H32O6/c1-14-9-16-17-11-19(28)18-10-15(30)7-8-24(18,5)26(17,29)20(31)12-25(16,6)27(14,34)21(32)13-35-22(33)23(2,3)4;1-21(2)29-19-10-16-15-6-5-13-9-14(26)7-8-22(13,3)20(15)17(27)11-23(16,4)24(19,30-21)18(28)12-25/h7-8,10,14,16-17,19-20,31,34H,9,11-13H2,1-6H3;7-9,15-17,19-20,25,27H,5-6,10-12H2,1-4H3/t14-,16+,17+,19+,20+,24+,25+,26+,27+;15-,16-,17-,19+,20+,22-,23-,24+/m10/s1. The quantitative estimate of drug-likeness (QED) is 0.244. The monoisotopic (exact) mass is 910 g/mol. The fraction of sp³-hybridized carbons (Fsp3) is 0.745. The SMILES string of the molecule is CC1(C)O[C@@H]2C[C@H]3[C@@H]4CCC5=CC(=O)C=C[C@]5(C)[C@H]4[C@@H](O)C[C@]3(C)[C@]2(C(=O)CO)O1.C[C@@H]1C[C@H]2[C@@H]3C[C@H](F)C4=CC(=O)C=C[C@]4(C)[C@@]3(F)[C@@H](O)C[C@]2(C)[C@@]1(O)C(=O)COC(=O)C(C)(C)C. The van der Waals surface area contributed by atoms with Gasteiger partial charge in [0.25, 0.3) is 0 Å². The van der Waals surface area contributed by atoms with Crippen molar-refractivity contribution in [2.75, 3.05) is 13.2 Å². The number of rotatable bonds is 5. The molecule has 0 spiro atoms. The second-order valence-corrected chi connectivity index (χ2v) is 23.4. The zero-order valence-electron chi connectivity index (χ0n) is 39.4. The summed E-state index contributed by atoms with van der Waals surface area (Å²) in [5.41, 5.74) is -8.99. The molecular weight excluding hydrogens is 843 g/mol. The van der Waals surface area contributed by atoms with Crippen molar-refractivity contribution in [1.29, 1.82) is 0 Å². The van der Waals surface area contributed by atoms with Gasteiger partial charge in [-0.15, -0.1) is 0 Å². The van der Waals surface area contributed by atoms with Crippen LogP contribution >= 0.6 is 0 Å². The molecule has 7 fully saturated rings. The third kappa shape index (κ3) is 6.41. The normalized spacial score (nSPS) is 48.7. The number of aliphatic hydroxyl groups excluding tert-OH is 3. The summed E-state index contributed by atoms with van der Waals surface area (Å²) in [4.78, 5) is 62.7. The number of allylic oxidation sites excluding steroid dienone is 8. The average molecular weight is 911 g/mol. The predicted octanol–water partition coefficient (Wildman–Crippen LogP) is 5.77. The van der Waals surface area contributed by atoms with Crippen LogP contribution in [0.3, 0.4) is 0 Å². The molecule has 1 heterocycles. The minimum Gasteiger partial charge on any atom is -0.457 e. The highest BCUT2D eigenvalue weighted by Gasteiger charge is 2.78. The maximum atomic E-state index is 17.1. The van der Waals surface area contributed by atoms with E-state index in [-0.39, 0.29) is 59.6 Å². The van der Waals surface area contributed by atoms with Crippen molar-refractivity contribution in [3.05, 3.63) is 47.6 Å². The first kappa shape index (κ1) is 48.2. The number of carbonyl (C=O) groups excluding carboxylic acids is 5. The van der Waals surface area contributed by atoms with E-state index < -0.39 is 117 Å². The van der Waals surface area contributed by atoms with Crippen LogP contribution in [-0.2, 0) is 38.2 Å². The Kier molecular flexibility index (Phi) is 11.2. The average Bonchev–Trinajstić information content (AvgIpc) is 3.72. The van der Waals surface area contributed by atoms with Crippen LogP contribution in [0.5, 0.6) is 0 Å². The van der Waals surface area contributed by atoms with E-state index >= 15 is 8.78 Å². The molecule has 0 aromatic rings. The Hall–Kier alpha value is -3.27. The van der Waals surface area contributed by atoms with Gasteiger partial charge >= 0.3 is 5.97 Å². The molecule has 6 saturated carbocycles. The maximum absolute atomic E-state index is 17.1. The molecule has 65 heavy (non-hydrogen) atoms. The van der Waals surface area contributed by atoms with Gasteiger partial charge in [0.2, 0.25) is 5.78 Å². The van der Waals surface area contributed by atoms with E-state index in [0.717, 1.165) is 24.5 Å². The highest BCUT2D eigenvalue weighted by Crippen LogP contribution is 2.72. The Morgan fingerprint density at radius 1 is 0.877 bits per heavy atom. The van der Waals surface area contributed by atoms with Crippen molar-refractivity contribution in [3.8, 4) is 0 Å². The third-order valence-corrected chi connectivity index (χ3v) is 18.6. The van der Waals surface area contributed by atoms with Crippen LogP contribution in [0.25, 0.3) is 0 Å². The topological polar surface area (TPSA) is 194 Å². The van der Waals surface area contributed by atoms with Gasteiger partial charge in [-0.25, -0.2) is 8.78 Å². The molecular formula is C51H68F2O12. The van der Waals surface area contributed by atoms with E-state index in [1.54, 1.807) is 60.6 Å². The molecule has 358 valence electrons. The van der Waals surface area contributed by atoms with Gasteiger partial charge in [0, 0.05) is 33.5 Å². The van der Waals surface area contributed by atoms with E-state index in [0.29, 0.717) is 12.8 Å². The summed E-state index contributed by atoms with van der Waals surface area (Å²) >= 11 is 0. The fourth-order valence-electron chi connectivity index (χ4n) is 15.6. The number of hydrogen-bond donors (Lipinski definition) is 4. The van der Waals surface area contributed by atoms with Crippen LogP contribution in [0.2, 0.25) is 0 Å². The third-order valence-electron chi connectivity index (χ3n) is 18.6. The van der Waals surface area contributed by atoms with Crippen LogP contribution in [-0.4, -0.2) is 110 Å². The number of carbonyl (C=O) groups is 5. The lowest BCUT2D eigenvalue weighted by Gasteiger charge is -2.63. The molecule has 17 atom stereocenters. The van der Waals surface area contributed by atoms with Crippen molar-refractivity contribution in [3.63, 3.8) is 0 Å². The van der Waals surface area contributed by atoms with Gasteiger partial charge in [-0.05, 0) is 140 Å². The number of Topliss-reactive ketones (excluding diaryl/α,β-unsaturated/α-hetero) is 2. The molecule has 0 aromatic heterocycles. The maximum Gasteiger partial charge on any atom is 0.311 e. The summed E-state index contributed by atoms with van der Waals surface area (Å²) in [5, 5.41) is 44.5. The van der Waals surface area contributed by atoms with Gasteiger partial charge in [-0.3, -0.25) is 24.0 Å². The summed E-state index contributed by atoms with van der Waals surface area (Å²) in [6.07, 6.45) is 7.29. The molecule has 1 aliphatic heterocycles. The van der Waals surface area contributed by atoms with Crippen molar-refractivity contribution in [2.45, 2.75) is 161 Å². The number of ether oxygens (including phenoxy) is 3. The molecule has 0 radical (unpaired) electrons. The zero-order valence-corrected chi connectivity index (χ0v) is 39.4. The first-order chi connectivity index (χ1) is 29.9. The summed E-state index contributed by atoms with van der Waals surface area (Å²) in [5.74, 6) is -4.89. The van der Waals surface area contributed by atoms with Gasteiger partial charge < -0.3 is 34.6 Å². The number of aliphatic hydroxyl groups is 4. The summed E-state index contributed by atoms with van der Waals surface area (Å²) < 4.78 is 50.4. The van der Waals surface area contributed by atoms with E-state index in [9.17, 15) is 44.4 Å². The Balaban J connectivity index is 0.000000179. The van der Waals surface area contributed by atoms with Crippen LogP contribution < -0.4 is 0 Å². The van der Waals surface area contributed by atoms with Gasteiger partial charge in [-0.1, -0.05) is 45.4 Å². The summed E-state index contributed by atoms with van der Waals surface area (Å²) in [6.45, 7) is 16.3. The number of fused-ring (bicyclic) bond motifs is 12. The molecule has 14 heteroatoms. The molecule has 12 nitrogen and oxygen atoms in total. The minimum absolute atomic E-state index is 0.0167. The number of ketones is 4. The number of hydrogen-bond acceptors (Lipinski definition) is 12. The molecule has 0 unspecified atom stereocenters. The molecule has 8 aliphatic carbocycles. The lowest BCUT2D eigenvalue weighted by atomic mass is 9.44. The van der Waals surface area contributed by atoms with E-state index in [4.69, 9.17) is 14.2 Å². The number of alkyl halides is 2. The molecule has 4 N–H and O–H groups in total. The largest absolute Gasteiger partial charge is 0.457 e. The Morgan fingerprint density at radius 3 is 2.17 bits per heavy atom. The number of esters is 1.